The van der Waals surface area contributed by atoms with Crippen LogP contribution in [0.4, 0.5) is 10.1 Å². The Kier molecular flexibility index (Phi) is 3.86. The molecule has 0 atom stereocenters. The van der Waals surface area contributed by atoms with Gasteiger partial charge in [-0.1, -0.05) is 0 Å². The molecule has 0 saturated carbocycles. The van der Waals surface area contributed by atoms with Gasteiger partial charge in [0.25, 0.3) is 0 Å². The van der Waals surface area contributed by atoms with E-state index in [0.29, 0.717) is 10.7 Å². The van der Waals surface area contributed by atoms with Gasteiger partial charge < -0.3 is 10.6 Å². The summed E-state index contributed by atoms with van der Waals surface area (Å²) in [6.45, 7) is 7.80. The zero-order valence-electron chi connectivity index (χ0n) is 10.0. The first-order chi connectivity index (χ1) is 7.28. The van der Waals surface area contributed by atoms with E-state index in [2.05, 4.69) is 10.6 Å². The number of hydrogen-bond acceptors (Lipinski definition) is 1. The Morgan fingerprint density at radius 1 is 1.31 bits per heavy atom. The highest BCUT2D eigenvalue weighted by Gasteiger charge is 2.11. The van der Waals surface area contributed by atoms with Crippen molar-refractivity contribution in [1.29, 1.82) is 0 Å². The molecule has 0 aliphatic rings. The lowest BCUT2D eigenvalue weighted by Crippen LogP contribution is -2.42. The van der Waals surface area contributed by atoms with Crippen LogP contribution in [0.1, 0.15) is 26.3 Å². The van der Waals surface area contributed by atoms with Gasteiger partial charge in [0.15, 0.2) is 5.11 Å². The van der Waals surface area contributed by atoms with E-state index in [1.807, 2.05) is 20.8 Å². The lowest BCUT2D eigenvalue weighted by molar-refractivity contribution is 0.515. The molecule has 1 rings (SSSR count). The molecule has 0 bridgehead atoms. The fourth-order valence-electron chi connectivity index (χ4n) is 1.23. The second kappa shape index (κ2) is 4.78. The summed E-state index contributed by atoms with van der Waals surface area (Å²) in [5.41, 5.74) is 1.31. The van der Waals surface area contributed by atoms with Crippen LogP contribution in [-0.2, 0) is 0 Å². The molecule has 0 fully saturated rings. The number of halogens is 1. The Hall–Kier alpha value is -1.16. The molecule has 1 aromatic carbocycles. The van der Waals surface area contributed by atoms with Crippen LogP contribution in [0.3, 0.4) is 0 Å². The Morgan fingerprint density at radius 3 is 2.44 bits per heavy atom. The first-order valence-corrected chi connectivity index (χ1v) is 5.54. The zero-order chi connectivity index (χ0) is 12.3. The predicted octanol–water partition coefficient (Wildman–Crippen LogP) is 3.22. The van der Waals surface area contributed by atoms with Gasteiger partial charge >= 0.3 is 0 Å². The molecule has 0 amide bonds. The topological polar surface area (TPSA) is 24.1 Å². The second-order valence-electron chi connectivity index (χ2n) is 4.79. The Morgan fingerprint density at radius 2 is 1.94 bits per heavy atom. The molecule has 2 nitrogen and oxygen atoms in total. The van der Waals surface area contributed by atoms with Gasteiger partial charge in [0.1, 0.15) is 5.82 Å². The van der Waals surface area contributed by atoms with E-state index in [0.717, 1.165) is 5.69 Å². The van der Waals surface area contributed by atoms with E-state index >= 15 is 0 Å². The van der Waals surface area contributed by atoms with Crippen LogP contribution in [0.15, 0.2) is 18.2 Å². The third kappa shape index (κ3) is 4.14. The molecule has 0 saturated heterocycles. The minimum atomic E-state index is -0.208. The van der Waals surface area contributed by atoms with Gasteiger partial charge in [-0.25, -0.2) is 4.39 Å². The van der Waals surface area contributed by atoms with Crippen LogP contribution in [0.2, 0.25) is 0 Å². The van der Waals surface area contributed by atoms with Gasteiger partial charge in [-0.2, -0.15) is 0 Å². The summed E-state index contributed by atoms with van der Waals surface area (Å²) in [6, 6.07) is 4.82. The molecular weight excluding hydrogens is 223 g/mol. The zero-order valence-corrected chi connectivity index (χ0v) is 10.8. The van der Waals surface area contributed by atoms with Crippen LogP contribution in [0, 0.1) is 12.7 Å². The van der Waals surface area contributed by atoms with Crippen molar-refractivity contribution in [2.45, 2.75) is 33.2 Å². The summed E-state index contributed by atoms with van der Waals surface area (Å²) in [7, 11) is 0. The molecule has 0 radical (unpaired) electrons. The minimum Gasteiger partial charge on any atom is -0.358 e. The maximum absolute atomic E-state index is 13.0. The number of rotatable bonds is 1. The van der Waals surface area contributed by atoms with Gasteiger partial charge in [-0.05, 0) is 63.7 Å². The molecule has 1 aromatic rings. The van der Waals surface area contributed by atoms with Crippen LogP contribution >= 0.6 is 12.2 Å². The summed E-state index contributed by atoms with van der Waals surface area (Å²) in [4.78, 5) is 0. The van der Waals surface area contributed by atoms with E-state index in [4.69, 9.17) is 12.2 Å². The molecule has 0 spiro atoms. The quantitative estimate of drug-likeness (QED) is 0.737. The van der Waals surface area contributed by atoms with Gasteiger partial charge in [0.05, 0.1) is 0 Å². The molecule has 2 N–H and O–H groups in total. The highest BCUT2D eigenvalue weighted by Crippen LogP contribution is 2.13. The van der Waals surface area contributed by atoms with E-state index in [1.165, 1.54) is 6.07 Å². The fraction of sp³-hybridized carbons (Fsp3) is 0.417. The van der Waals surface area contributed by atoms with Crippen LogP contribution in [0.5, 0.6) is 0 Å². The molecule has 0 unspecified atom stereocenters. The second-order valence-corrected chi connectivity index (χ2v) is 5.20. The SMILES string of the molecule is Cc1cc(NC(=S)NC(C)(C)C)ccc1F. The molecule has 0 heterocycles. The summed E-state index contributed by atoms with van der Waals surface area (Å²) in [5, 5.41) is 6.69. The number of anilines is 1. The number of hydrogen-bond donors (Lipinski definition) is 2. The highest BCUT2D eigenvalue weighted by atomic mass is 32.1. The van der Waals surface area contributed by atoms with Crippen molar-refractivity contribution in [3.05, 3.63) is 29.6 Å². The van der Waals surface area contributed by atoms with Crippen molar-refractivity contribution in [2.75, 3.05) is 5.32 Å². The average Bonchev–Trinajstić information content (AvgIpc) is 2.08. The van der Waals surface area contributed by atoms with E-state index in [9.17, 15) is 4.39 Å². The van der Waals surface area contributed by atoms with Crippen LogP contribution in [-0.4, -0.2) is 10.7 Å². The smallest absolute Gasteiger partial charge is 0.171 e. The largest absolute Gasteiger partial charge is 0.358 e. The lowest BCUT2D eigenvalue weighted by atomic mass is 10.1. The fourth-order valence-corrected chi connectivity index (χ4v) is 1.65. The summed E-state index contributed by atoms with van der Waals surface area (Å²) >= 11 is 5.14. The number of nitrogens with one attached hydrogen (secondary N) is 2. The van der Waals surface area contributed by atoms with Crippen molar-refractivity contribution < 1.29 is 4.39 Å². The number of benzene rings is 1. The molecule has 88 valence electrons. The first kappa shape index (κ1) is 12.9. The lowest BCUT2D eigenvalue weighted by Gasteiger charge is -2.23. The van der Waals surface area contributed by atoms with Crippen molar-refractivity contribution in [2.24, 2.45) is 0 Å². The minimum absolute atomic E-state index is 0.0842. The molecule has 16 heavy (non-hydrogen) atoms. The first-order valence-electron chi connectivity index (χ1n) is 5.13. The molecular formula is C12H17FN2S. The summed E-state index contributed by atoms with van der Waals surface area (Å²) < 4.78 is 13.0. The molecule has 0 aliphatic carbocycles. The van der Waals surface area contributed by atoms with Crippen molar-refractivity contribution in [1.82, 2.24) is 5.32 Å². The van der Waals surface area contributed by atoms with Crippen molar-refractivity contribution >= 4 is 23.0 Å². The third-order valence-electron chi connectivity index (χ3n) is 1.90. The Balaban J connectivity index is 2.67. The molecule has 4 heteroatoms. The van der Waals surface area contributed by atoms with Gasteiger partial charge in [0.2, 0.25) is 0 Å². The average molecular weight is 240 g/mol. The highest BCUT2D eigenvalue weighted by molar-refractivity contribution is 7.80. The Labute approximate surface area is 101 Å². The van der Waals surface area contributed by atoms with Crippen molar-refractivity contribution in [3.8, 4) is 0 Å². The van der Waals surface area contributed by atoms with Crippen LogP contribution < -0.4 is 10.6 Å². The van der Waals surface area contributed by atoms with E-state index in [-0.39, 0.29) is 11.4 Å². The van der Waals surface area contributed by atoms with Gasteiger partial charge in [0, 0.05) is 11.2 Å². The maximum Gasteiger partial charge on any atom is 0.171 e. The number of aryl methyl sites for hydroxylation is 1. The van der Waals surface area contributed by atoms with E-state index < -0.39 is 0 Å². The van der Waals surface area contributed by atoms with E-state index in [1.54, 1.807) is 19.1 Å². The van der Waals surface area contributed by atoms with Crippen molar-refractivity contribution in [3.63, 3.8) is 0 Å². The molecule has 0 aliphatic heterocycles. The van der Waals surface area contributed by atoms with Gasteiger partial charge in [-0.15, -0.1) is 0 Å². The Bertz CT molecular complexity index is 396. The predicted molar refractivity (Wildman–Crippen MR) is 70.2 cm³/mol. The standard InChI is InChI=1S/C12H17FN2S/c1-8-7-9(5-6-10(8)13)14-11(16)15-12(2,3)4/h5-7H,1-4H3,(H2,14,15,16). The third-order valence-corrected chi connectivity index (χ3v) is 2.11. The monoisotopic (exact) mass is 240 g/mol. The maximum atomic E-state index is 13.0. The normalized spacial score (nSPS) is 11.1. The van der Waals surface area contributed by atoms with Crippen LogP contribution in [0.25, 0.3) is 0 Å². The number of thiocarbonyl (C=S) groups is 1. The summed E-state index contributed by atoms with van der Waals surface area (Å²) in [6.07, 6.45) is 0. The molecule has 0 aromatic heterocycles. The summed E-state index contributed by atoms with van der Waals surface area (Å²) in [5.74, 6) is -0.208. The van der Waals surface area contributed by atoms with Gasteiger partial charge in [-0.3, -0.25) is 0 Å².